The molecule has 0 aromatic heterocycles. The van der Waals surface area contributed by atoms with E-state index in [1.807, 2.05) is 25.1 Å². The van der Waals surface area contributed by atoms with Crippen molar-refractivity contribution in [2.45, 2.75) is 26.8 Å². The Hall–Kier alpha value is -1.66. The van der Waals surface area contributed by atoms with Gasteiger partial charge >= 0.3 is 0 Å². The van der Waals surface area contributed by atoms with Crippen molar-refractivity contribution in [1.29, 1.82) is 0 Å². The van der Waals surface area contributed by atoms with Crippen LogP contribution in [0.2, 0.25) is 0 Å². The fourth-order valence-electron chi connectivity index (χ4n) is 1.56. The Morgan fingerprint density at radius 1 is 1.33 bits per heavy atom. The molecule has 0 heterocycles. The van der Waals surface area contributed by atoms with E-state index in [9.17, 15) is 0 Å². The summed E-state index contributed by atoms with van der Waals surface area (Å²) in [5.74, 6) is 7.60. The molecule has 18 heavy (non-hydrogen) atoms. The Balaban J connectivity index is 2.70. The molecular formula is C15H21NO2. The van der Waals surface area contributed by atoms with E-state index < -0.39 is 0 Å². The van der Waals surface area contributed by atoms with Gasteiger partial charge in [-0.05, 0) is 31.7 Å². The predicted octanol–water partition coefficient (Wildman–Crippen LogP) is 2.60. The van der Waals surface area contributed by atoms with Crippen molar-refractivity contribution in [2.75, 3.05) is 20.3 Å². The van der Waals surface area contributed by atoms with Gasteiger partial charge in [-0.3, -0.25) is 0 Å². The number of rotatable bonds is 7. The highest BCUT2D eigenvalue weighted by Crippen LogP contribution is 2.24. The summed E-state index contributed by atoms with van der Waals surface area (Å²) >= 11 is 0. The zero-order valence-corrected chi connectivity index (χ0v) is 11.4. The summed E-state index contributed by atoms with van der Waals surface area (Å²) in [6.07, 6.45) is 0.753. The van der Waals surface area contributed by atoms with Crippen molar-refractivity contribution >= 4 is 0 Å². The minimum Gasteiger partial charge on any atom is -0.497 e. The second-order valence-corrected chi connectivity index (χ2v) is 3.78. The maximum atomic E-state index is 5.74. The first-order valence-electron chi connectivity index (χ1n) is 6.21. The number of benzene rings is 1. The van der Waals surface area contributed by atoms with Crippen LogP contribution in [-0.4, -0.2) is 20.3 Å². The normalized spacial score (nSPS) is 9.50. The topological polar surface area (TPSA) is 30.5 Å². The quantitative estimate of drug-likeness (QED) is 0.593. The predicted molar refractivity (Wildman–Crippen MR) is 73.9 cm³/mol. The lowest BCUT2D eigenvalue weighted by Crippen LogP contribution is -2.13. The standard InChI is InChI=1S/C15H21NO2/c1-4-6-7-10-18-15-9-8-14(17-3)11-13(15)12-16-5-2/h8-9,11,16H,5,7,10,12H2,1-3H3. The van der Waals surface area contributed by atoms with Crippen molar-refractivity contribution in [1.82, 2.24) is 5.32 Å². The molecule has 0 aliphatic carbocycles. The lowest BCUT2D eigenvalue weighted by Gasteiger charge is -2.12. The van der Waals surface area contributed by atoms with E-state index in [1.54, 1.807) is 7.11 Å². The first kappa shape index (κ1) is 14.4. The van der Waals surface area contributed by atoms with Crippen LogP contribution < -0.4 is 14.8 Å². The fourth-order valence-corrected chi connectivity index (χ4v) is 1.56. The van der Waals surface area contributed by atoms with E-state index in [0.717, 1.165) is 36.6 Å². The van der Waals surface area contributed by atoms with Gasteiger partial charge < -0.3 is 14.8 Å². The Morgan fingerprint density at radius 2 is 2.17 bits per heavy atom. The molecule has 0 aliphatic heterocycles. The lowest BCUT2D eigenvalue weighted by atomic mass is 10.2. The molecule has 1 rings (SSSR count). The Bertz CT molecular complexity index is 418. The molecule has 0 radical (unpaired) electrons. The molecule has 0 atom stereocenters. The number of methoxy groups -OCH3 is 1. The molecule has 0 saturated heterocycles. The molecule has 0 fully saturated rings. The van der Waals surface area contributed by atoms with Gasteiger partial charge in [0.1, 0.15) is 11.5 Å². The van der Waals surface area contributed by atoms with Crippen LogP contribution in [0.1, 0.15) is 25.8 Å². The van der Waals surface area contributed by atoms with Crippen LogP contribution in [0.5, 0.6) is 11.5 Å². The zero-order valence-electron chi connectivity index (χ0n) is 11.4. The average molecular weight is 247 g/mol. The molecule has 1 N–H and O–H groups in total. The highest BCUT2D eigenvalue weighted by atomic mass is 16.5. The van der Waals surface area contributed by atoms with Crippen LogP contribution in [0.3, 0.4) is 0 Å². The maximum Gasteiger partial charge on any atom is 0.124 e. The van der Waals surface area contributed by atoms with Gasteiger partial charge in [0.15, 0.2) is 0 Å². The minimum atomic E-state index is 0.617. The molecule has 0 saturated carbocycles. The molecular weight excluding hydrogens is 226 g/mol. The van der Waals surface area contributed by atoms with E-state index in [2.05, 4.69) is 24.1 Å². The number of hydrogen-bond donors (Lipinski definition) is 1. The number of ether oxygens (including phenoxy) is 2. The first-order valence-corrected chi connectivity index (χ1v) is 6.21. The third kappa shape index (κ3) is 4.68. The average Bonchev–Trinajstić information content (AvgIpc) is 2.42. The minimum absolute atomic E-state index is 0.617. The monoisotopic (exact) mass is 247 g/mol. The fraction of sp³-hybridized carbons (Fsp3) is 0.467. The van der Waals surface area contributed by atoms with Crippen LogP contribution >= 0.6 is 0 Å². The van der Waals surface area contributed by atoms with Crippen LogP contribution in [0.25, 0.3) is 0 Å². The van der Waals surface area contributed by atoms with Crippen LogP contribution in [0.4, 0.5) is 0 Å². The van der Waals surface area contributed by atoms with Crippen LogP contribution in [-0.2, 0) is 6.54 Å². The van der Waals surface area contributed by atoms with Gasteiger partial charge in [0.2, 0.25) is 0 Å². The van der Waals surface area contributed by atoms with E-state index >= 15 is 0 Å². The summed E-state index contributed by atoms with van der Waals surface area (Å²) in [4.78, 5) is 0. The summed E-state index contributed by atoms with van der Waals surface area (Å²) in [5, 5.41) is 3.29. The largest absolute Gasteiger partial charge is 0.497 e. The van der Waals surface area contributed by atoms with Crippen molar-refractivity contribution in [3.05, 3.63) is 23.8 Å². The van der Waals surface area contributed by atoms with E-state index in [1.165, 1.54) is 0 Å². The molecule has 0 bridgehead atoms. The van der Waals surface area contributed by atoms with Gasteiger partial charge in [0.05, 0.1) is 13.7 Å². The van der Waals surface area contributed by atoms with Gasteiger partial charge in [-0.2, -0.15) is 0 Å². The molecule has 3 nitrogen and oxygen atoms in total. The van der Waals surface area contributed by atoms with E-state index in [0.29, 0.717) is 6.61 Å². The van der Waals surface area contributed by atoms with Gasteiger partial charge in [-0.25, -0.2) is 0 Å². The molecule has 0 amide bonds. The summed E-state index contributed by atoms with van der Waals surface area (Å²) in [6, 6.07) is 5.87. The molecule has 1 aromatic carbocycles. The Labute approximate surface area is 109 Å². The third-order valence-electron chi connectivity index (χ3n) is 2.49. The first-order chi connectivity index (χ1) is 8.81. The van der Waals surface area contributed by atoms with Crippen LogP contribution in [0.15, 0.2) is 18.2 Å². The molecule has 1 aromatic rings. The smallest absolute Gasteiger partial charge is 0.124 e. The highest BCUT2D eigenvalue weighted by Gasteiger charge is 2.05. The third-order valence-corrected chi connectivity index (χ3v) is 2.49. The molecule has 98 valence electrons. The maximum absolute atomic E-state index is 5.74. The van der Waals surface area contributed by atoms with Crippen molar-refractivity contribution in [3.63, 3.8) is 0 Å². The van der Waals surface area contributed by atoms with Crippen LogP contribution in [0, 0.1) is 11.8 Å². The summed E-state index contributed by atoms with van der Waals surface area (Å²) in [7, 11) is 1.67. The van der Waals surface area contributed by atoms with Gasteiger partial charge in [-0.1, -0.05) is 6.92 Å². The van der Waals surface area contributed by atoms with Crippen molar-refractivity contribution < 1.29 is 9.47 Å². The number of hydrogen-bond acceptors (Lipinski definition) is 3. The summed E-state index contributed by atoms with van der Waals surface area (Å²) in [6.45, 7) is 6.24. The van der Waals surface area contributed by atoms with Crippen molar-refractivity contribution in [3.8, 4) is 23.3 Å². The zero-order chi connectivity index (χ0) is 13.2. The second kappa shape index (κ2) is 8.43. The van der Waals surface area contributed by atoms with E-state index in [4.69, 9.17) is 9.47 Å². The molecule has 0 spiro atoms. The lowest BCUT2D eigenvalue weighted by molar-refractivity contribution is 0.321. The van der Waals surface area contributed by atoms with Crippen molar-refractivity contribution in [2.24, 2.45) is 0 Å². The molecule has 0 unspecified atom stereocenters. The Kier molecular flexibility index (Phi) is 6.75. The molecule has 0 aliphatic rings. The number of nitrogens with one attached hydrogen (secondary N) is 1. The second-order valence-electron chi connectivity index (χ2n) is 3.78. The van der Waals surface area contributed by atoms with Gasteiger partial charge in [0, 0.05) is 18.5 Å². The van der Waals surface area contributed by atoms with Gasteiger partial charge in [0.25, 0.3) is 0 Å². The Morgan fingerprint density at radius 3 is 2.83 bits per heavy atom. The van der Waals surface area contributed by atoms with E-state index in [-0.39, 0.29) is 0 Å². The summed E-state index contributed by atoms with van der Waals surface area (Å²) in [5.41, 5.74) is 1.11. The SMILES string of the molecule is CC#CCCOc1ccc(OC)cc1CNCC. The van der Waals surface area contributed by atoms with Gasteiger partial charge in [-0.15, -0.1) is 11.8 Å². The highest BCUT2D eigenvalue weighted by molar-refractivity contribution is 5.40. The summed E-state index contributed by atoms with van der Waals surface area (Å²) < 4.78 is 11.0. The molecule has 3 heteroatoms.